The summed E-state index contributed by atoms with van der Waals surface area (Å²) in [5.74, 6) is 0. The summed E-state index contributed by atoms with van der Waals surface area (Å²) >= 11 is 0. The van der Waals surface area contributed by atoms with E-state index in [2.05, 4.69) is 10.3 Å². The van der Waals surface area contributed by atoms with Crippen LogP contribution in [0.2, 0.25) is 0 Å². The van der Waals surface area contributed by atoms with Gasteiger partial charge in [0.05, 0.1) is 12.4 Å². The summed E-state index contributed by atoms with van der Waals surface area (Å²) in [4.78, 5) is 0. The first kappa shape index (κ1) is 9.85. The number of hydrogen-bond acceptors (Lipinski definition) is 6. The van der Waals surface area contributed by atoms with Crippen LogP contribution in [0.25, 0.3) is 0 Å². The molecule has 74 valence electrons. The zero-order chi connectivity index (χ0) is 10.6. The number of hydrogen-bond donors (Lipinski definition) is 4. The summed E-state index contributed by atoms with van der Waals surface area (Å²) < 4.78 is 0. The predicted octanol–water partition coefficient (Wildman–Crippen LogP) is 0.467. The van der Waals surface area contributed by atoms with Crippen molar-refractivity contribution in [3.8, 4) is 0 Å². The molecule has 6 heteroatoms. The van der Waals surface area contributed by atoms with Gasteiger partial charge in [0.1, 0.15) is 0 Å². The molecule has 1 aromatic rings. The van der Waals surface area contributed by atoms with Gasteiger partial charge in [-0.25, -0.2) is 0 Å². The van der Waals surface area contributed by atoms with E-state index in [1.807, 2.05) is 0 Å². The van der Waals surface area contributed by atoms with Crippen LogP contribution >= 0.6 is 0 Å². The van der Waals surface area contributed by atoms with Crippen LogP contribution in [0.5, 0.6) is 0 Å². The van der Waals surface area contributed by atoms with Crippen molar-refractivity contribution in [1.82, 2.24) is 0 Å². The second-order valence-electron chi connectivity index (χ2n) is 2.60. The topological polar surface area (TPSA) is 117 Å². The second-order valence-corrected chi connectivity index (χ2v) is 2.60. The Bertz CT molecular complexity index is 354. The van der Waals surface area contributed by atoms with E-state index < -0.39 is 0 Å². The van der Waals surface area contributed by atoms with Crippen LogP contribution in [0.15, 0.2) is 22.4 Å². The fourth-order valence-electron chi connectivity index (χ4n) is 1.02. The molecule has 0 amide bonds. The molecule has 0 fully saturated rings. The van der Waals surface area contributed by atoms with Crippen LogP contribution < -0.4 is 11.5 Å². The molecular weight excluding hydrogens is 184 g/mol. The third kappa shape index (κ3) is 1.92. The van der Waals surface area contributed by atoms with Gasteiger partial charge in [-0.3, -0.25) is 0 Å². The quantitative estimate of drug-likeness (QED) is 0.237. The fourth-order valence-corrected chi connectivity index (χ4v) is 1.02. The number of nitrogens with two attached hydrogens (primary N) is 2. The van der Waals surface area contributed by atoms with E-state index in [1.54, 1.807) is 6.07 Å². The molecule has 0 radical (unpaired) electrons. The summed E-state index contributed by atoms with van der Waals surface area (Å²) in [5.41, 5.74) is 12.9. The van der Waals surface area contributed by atoms with Gasteiger partial charge in [0, 0.05) is 22.5 Å². The molecule has 0 aliphatic heterocycles. The Morgan fingerprint density at radius 1 is 0.929 bits per heavy atom. The molecule has 0 spiro atoms. The second kappa shape index (κ2) is 4.13. The van der Waals surface area contributed by atoms with Gasteiger partial charge in [-0.15, -0.1) is 0 Å². The number of nitrogens with zero attached hydrogens (tertiary/aromatic N) is 2. The van der Waals surface area contributed by atoms with Crippen molar-refractivity contribution >= 4 is 23.8 Å². The highest BCUT2D eigenvalue weighted by atomic mass is 16.4. The predicted molar refractivity (Wildman–Crippen MR) is 54.0 cm³/mol. The average molecular weight is 194 g/mol. The van der Waals surface area contributed by atoms with Gasteiger partial charge >= 0.3 is 0 Å². The molecule has 0 aliphatic rings. The van der Waals surface area contributed by atoms with E-state index in [0.717, 1.165) is 0 Å². The zero-order valence-electron chi connectivity index (χ0n) is 7.25. The maximum absolute atomic E-state index is 8.33. The monoisotopic (exact) mass is 194 g/mol. The SMILES string of the molecule is Nc1cc(N)c(C=NO)cc1C=NO. The molecule has 0 bridgehead atoms. The van der Waals surface area contributed by atoms with Crippen LogP contribution in [0.3, 0.4) is 0 Å². The van der Waals surface area contributed by atoms with E-state index in [9.17, 15) is 0 Å². The van der Waals surface area contributed by atoms with E-state index in [-0.39, 0.29) is 0 Å². The first-order valence-corrected chi connectivity index (χ1v) is 3.73. The van der Waals surface area contributed by atoms with Crippen molar-refractivity contribution in [1.29, 1.82) is 0 Å². The minimum absolute atomic E-state index is 0.385. The van der Waals surface area contributed by atoms with Crippen LogP contribution in [0.4, 0.5) is 11.4 Å². The first-order valence-electron chi connectivity index (χ1n) is 3.73. The van der Waals surface area contributed by atoms with E-state index >= 15 is 0 Å². The van der Waals surface area contributed by atoms with Crippen molar-refractivity contribution in [2.24, 2.45) is 10.3 Å². The Balaban J connectivity index is 3.26. The van der Waals surface area contributed by atoms with Gasteiger partial charge in [-0.1, -0.05) is 10.3 Å². The lowest BCUT2D eigenvalue weighted by molar-refractivity contribution is 0.322. The number of anilines is 2. The van der Waals surface area contributed by atoms with E-state index in [1.165, 1.54) is 18.5 Å². The Hall–Kier alpha value is -2.24. The minimum Gasteiger partial charge on any atom is -0.411 e. The van der Waals surface area contributed by atoms with Crippen molar-refractivity contribution in [3.63, 3.8) is 0 Å². The van der Waals surface area contributed by atoms with Crippen molar-refractivity contribution in [2.45, 2.75) is 0 Å². The van der Waals surface area contributed by atoms with Crippen molar-refractivity contribution in [2.75, 3.05) is 11.5 Å². The Labute approximate surface area is 80.1 Å². The molecule has 6 nitrogen and oxygen atoms in total. The van der Waals surface area contributed by atoms with Gasteiger partial charge in [-0.05, 0) is 12.1 Å². The molecule has 0 saturated carbocycles. The third-order valence-corrected chi connectivity index (χ3v) is 1.68. The third-order valence-electron chi connectivity index (χ3n) is 1.68. The Morgan fingerprint density at radius 3 is 1.71 bits per heavy atom. The average Bonchev–Trinajstić information content (AvgIpc) is 2.14. The van der Waals surface area contributed by atoms with Crippen LogP contribution in [-0.4, -0.2) is 22.8 Å². The molecular formula is C8H10N4O2. The van der Waals surface area contributed by atoms with Gasteiger partial charge in [0.25, 0.3) is 0 Å². The maximum atomic E-state index is 8.33. The standard InChI is InChI=1S/C8H10N4O2/c9-7-2-8(10)6(4-12-14)1-5(7)3-11-13/h1-4,13-14H,9-10H2. The summed E-state index contributed by atoms with van der Waals surface area (Å²) in [6, 6.07) is 3.04. The van der Waals surface area contributed by atoms with Gasteiger partial charge in [0.15, 0.2) is 0 Å². The molecule has 1 rings (SSSR count). The molecule has 1 aromatic carbocycles. The normalized spacial score (nSPS) is 11.4. The summed E-state index contributed by atoms with van der Waals surface area (Å²) in [6.07, 6.45) is 2.34. The largest absolute Gasteiger partial charge is 0.411 e. The Kier molecular flexibility index (Phi) is 2.90. The highest BCUT2D eigenvalue weighted by Gasteiger charge is 2.02. The lowest BCUT2D eigenvalue weighted by Crippen LogP contribution is -2.00. The van der Waals surface area contributed by atoms with E-state index in [4.69, 9.17) is 21.9 Å². The number of oxime groups is 2. The van der Waals surface area contributed by atoms with Crippen LogP contribution in [-0.2, 0) is 0 Å². The Morgan fingerprint density at radius 2 is 1.36 bits per heavy atom. The van der Waals surface area contributed by atoms with Crippen LogP contribution in [0, 0.1) is 0 Å². The molecule has 0 heterocycles. The minimum atomic E-state index is 0.385. The molecule has 6 N–H and O–H groups in total. The van der Waals surface area contributed by atoms with E-state index in [0.29, 0.717) is 22.5 Å². The number of benzene rings is 1. The summed E-state index contributed by atoms with van der Waals surface area (Å²) in [5, 5.41) is 22.4. The van der Waals surface area contributed by atoms with Crippen molar-refractivity contribution in [3.05, 3.63) is 23.3 Å². The first-order chi connectivity index (χ1) is 6.69. The number of rotatable bonds is 2. The molecule has 0 aliphatic carbocycles. The summed E-state index contributed by atoms with van der Waals surface area (Å²) in [6.45, 7) is 0. The van der Waals surface area contributed by atoms with Crippen molar-refractivity contribution < 1.29 is 10.4 Å². The molecule has 0 aromatic heterocycles. The molecule has 0 atom stereocenters. The molecule has 0 saturated heterocycles. The zero-order valence-corrected chi connectivity index (χ0v) is 7.25. The maximum Gasteiger partial charge on any atom is 0.0754 e. The number of nitrogen functional groups attached to an aromatic ring is 2. The lowest BCUT2D eigenvalue weighted by Gasteiger charge is -2.04. The van der Waals surface area contributed by atoms with Gasteiger partial charge in [0.2, 0.25) is 0 Å². The fraction of sp³-hybridized carbons (Fsp3) is 0. The molecule has 14 heavy (non-hydrogen) atoms. The van der Waals surface area contributed by atoms with Gasteiger partial charge < -0.3 is 21.9 Å². The van der Waals surface area contributed by atoms with Crippen LogP contribution in [0.1, 0.15) is 11.1 Å². The highest BCUT2D eigenvalue weighted by Crippen LogP contribution is 2.18. The lowest BCUT2D eigenvalue weighted by atomic mass is 10.1. The smallest absolute Gasteiger partial charge is 0.0754 e. The summed E-state index contributed by atoms with van der Waals surface area (Å²) in [7, 11) is 0. The van der Waals surface area contributed by atoms with Gasteiger partial charge in [-0.2, -0.15) is 0 Å². The molecule has 0 unspecified atom stereocenters. The highest BCUT2D eigenvalue weighted by molar-refractivity contribution is 5.95.